The van der Waals surface area contributed by atoms with E-state index in [2.05, 4.69) is 18.7 Å². The first kappa shape index (κ1) is 26.1. The lowest BCUT2D eigenvalue weighted by Crippen LogP contribution is -2.33. The lowest BCUT2D eigenvalue weighted by molar-refractivity contribution is -0.140. The van der Waals surface area contributed by atoms with Crippen LogP contribution in [0.1, 0.15) is 37.4 Å². The van der Waals surface area contributed by atoms with Crippen LogP contribution in [0.5, 0.6) is 17.2 Å². The number of Topliss-reactive ketones (excluding diaryl/α,β-unsaturated/α-hetero) is 1. The quantitative estimate of drug-likeness (QED) is 0.296. The van der Waals surface area contributed by atoms with Crippen LogP contribution in [-0.4, -0.2) is 74.1 Å². The molecule has 1 heterocycles. The largest absolute Gasteiger partial charge is 0.507 e. The van der Waals surface area contributed by atoms with E-state index in [1.165, 1.54) is 7.11 Å². The van der Waals surface area contributed by atoms with Crippen molar-refractivity contribution in [3.05, 3.63) is 59.2 Å². The van der Waals surface area contributed by atoms with E-state index in [4.69, 9.17) is 14.2 Å². The van der Waals surface area contributed by atoms with Crippen LogP contribution in [0.3, 0.4) is 0 Å². The molecule has 1 amide bonds. The Bertz CT molecular complexity index is 1080. The highest BCUT2D eigenvalue weighted by atomic mass is 16.5. The van der Waals surface area contributed by atoms with Gasteiger partial charge in [0.15, 0.2) is 11.5 Å². The van der Waals surface area contributed by atoms with Gasteiger partial charge in [0.25, 0.3) is 11.7 Å². The number of methoxy groups -OCH3 is 3. The molecule has 2 aromatic carbocycles. The minimum Gasteiger partial charge on any atom is -0.507 e. The van der Waals surface area contributed by atoms with Crippen molar-refractivity contribution in [3.8, 4) is 17.2 Å². The first-order valence-electron chi connectivity index (χ1n) is 11.8. The number of amides is 1. The summed E-state index contributed by atoms with van der Waals surface area (Å²) in [6.45, 7) is 7.17. The fourth-order valence-electron chi connectivity index (χ4n) is 4.39. The first-order chi connectivity index (χ1) is 16.9. The Morgan fingerprint density at radius 3 is 2.17 bits per heavy atom. The van der Waals surface area contributed by atoms with Gasteiger partial charge in [0.1, 0.15) is 11.5 Å². The van der Waals surface area contributed by atoms with Crippen molar-refractivity contribution in [1.29, 1.82) is 0 Å². The first-order valence-corrected chi connectivity index (χ1v) is 11.8. The van der Waals surface area contributed by atoms with Crippen molar-refractivity contribution in [2.75, 3.05) is 47.5 Å². The molecular formula is C27H34N2O6. The van der Waals surface area contributed by atoms with Gasteiger partial charge in [-0.2, -0.15) is 0 Å². The molecule has 0 aliphatic carbocycles. The van der Waals surface area contributed by atoms with E-state index in [0.717, 1.165) is 19.6 Å². The van der Waals surface area contributed by atoms with Crippen LogP contribution < -0.4 is 14.2 Å². The second-order valence-electron chi connectivity index (χ2n) is 8.22. The Morgan fingerprint density at radius 2 is 1.60 bits per heavy atom. The van der Waals surface area contributed by atoms with E-state index in [1.807, 2.05) is 0 Å². The van der Waals surface area contributed by atoms with Crippen molar-refractivity contribution in [2.45, 2.75) is 26.3 Å². The number of benzene rings is 2. The van der Waals surface area contributed by atoms with Crippen molar-refractivity contribution in [3.63, 3.8) is 0 Å². The van der Waals surface area contributed by atoms with Gasteiger partial charge in [-0.05, 0) is 68.0 Å². The maximum absolute atomic E-state index is 13.2. The molecule has 0 bridgehead atoms. The summed E-state index contributed by atoms with van der Waals surface area (Å²) in [5.41, 5.74) is 1.13. The summed E-state index contributed by atoms with van der Waals surface area (Å²) >= 11 is 0. The number of carbonyl (C=O) groups excluding carboxylic acids is 2. The Morgan fingerprint density at radius 1 is 0.943 bits per heavy atom. The van der Waals surface area contributed by atoms with Gasteiger partial charge in [-0.15, -0.1) is 0 Å². The maximum atomic E-state index is 13.2. The fourth-order valence-corrected chi connectivity index (χ4v) is 4.39. The highest BCUT2D eigenvalue weighted by Crippen LogP contribution is 2.42. The SMILES string of the molecule is CCN(CC)CCCN1C(=O)C(=O)C(=C(O)c2ccc(OC)cc2)[C@@H]1c1ccc(OC)c(OC)c1. The van der Waals surface area contributed by atoms with Gasteiger partial charge in [0.05, 0.1) is 32.9 Å². The molecule has 8 heteroatoms. The highest BCUT2D eigenvalue weighted by Gasteiger charge is 2.46. The molecule has 3 rings (SSSR count). The van der Waals surface area contributed by atoms with Gasteiger partial charge in [0, 0.05) is 12.1 Å². The monoisotopic (exact) mass is 482 g/mol. The van der Waals surface area contributed by atoms with Crippen LogP contribution in [0.15, 0.2) is 48.0 Å². The number of ketones is 1. The molecule has 35 heavy (non-hydrogen) atoms. The summed E-state index contributed by atoms with van der Waals surface area (Å²) in [4.78, 5) is 30.2. The minimum absolute atomic E-state index is 0.0511. The zero-order valence-electron chi connectivity index (χ0n) is 21.0. The van der Waals surface area contributed by atoms with E-state index >= 15 is 0 Å². The summed E-state index contributed by atoms with van der Waals surface area (Å²) in [6.07, 6.45) is 0.696. The number of hydrogen-bond donors (Lipinski definition) is 1. The lowest BCUT2D eigenvalue weighted by Gasteiger charge is -2.27. The van der Waals surface area contributed by atoms with Gasteiger partial charge in [-0.1, -0.05) is 19.9 Å². The second-order valence-corrected chi connectivity index (χ2v) is 8.22. The fraction of sp³-hybridized carbons (Fsp3) is 0.407. The van der Waals surface area contributed by atoms with Gasteiger partial charge >= 0.3 is 0 Å². The second kappa shape index (κ2) is 11.8. The number of rotatable bonds is 11. The molecule has 1 aliphatic heterocycles. The third-order valence-electron chi connectivity index (χ3n) is 6.39. The zero-order valence-corrected chi connectivity index (χ0v) is 21.0. The smallest absolute Gasteiger partial charge is 0.295 e. The number of aliphatic hydroxyl groups is 1. The minimum atomic E-state index is -0.756. The summed E-state index contributed by atoms with van der Waals surface area (Å²) in [5.74, 6) is 0.0697. The summed E-state index contributed by atoms with van der Waals surface area (Å²) in [6, 6.07) is 11.2. The maximum Gasteiger partial charge on any atom is 0.295 e. The molecule has 0 aromatic heterocycles. The van der Waals surface area contributed by atoms with Crippen LogP contribution >= 0.6 is 0 Å². The third kappa shape index (κ3) is 5.43. The van der Waals surface area contributed by atoms with Gasteiger partial charge in [-0.25, -0.2) is 0 Å². The molecule has 1 fully saturated rings. The van der Waals surface area contributed by atoms with Crippen molar-refractivity contribution >= 4 is 17.4 Å². The van der Waals surface area contributed by atoms with Crippen LogP contribution in [-0.2, 0) is 9.59 Å². The predicted octanol–water partition coefficient (Wildman–Crippen LogP) is 3.87. The molecule has 0 unspecified atom stereocenters. The zero-order chi connectivity index (χ0) is 25.5. The van der Waals surface area contributed by atoms with Crippen molar-refractivity contribution in [1.82, 2.24) is 9.80 Å². The van der Waals surface area contributed by atoms with E-state index in [0.29, 0.717) is 41.3 Å². The topological polar surface area (TPSA) is 88.5 Å². The van der Waals surface area contributed by atoms with Crippen LogP contribution in [0, 0.1) is 0 Å². The molecule has 0 radical (unpaired) electrons. The molecule has 1 atom stereocenters. The highest BCUT2D eigenvalue weighted by molar-refractivity contribution is 6.46. The van der Waals surface area contributed by atoms with E-state index in [-0.39, 0.29) is 11.3 Å². The average Bonchev–Trinajstić information content (AvgIpc) is 3.15. The Balaban J connectivity index is 2.08. The molecule has 0 spiro atoms. The normalized spacial score (nSPS) is 17.2. The Kier molecular flexibility index (Phi) is 8.76. The number of aliphatic hydroxyl groups excluding tert-OH is 1. The standard InChI is InChI=1S/C27H34N2O6/c1-6-28(7-2)15-8-16-29-24(19-11-14-21(34-4)22(17-19)35-5)23(26(31)27(29)32)25(30)18-9-12-20(33-3)13-10-18/h9-14,17,24,30H,6-8,15-16H2,1-5H3/t24-/m0/s1. The lowest BCUT2D eigenvalue weighted by atomic mass is 9.95. The number of hydrogen-bond acceptors (Lipinski definition) is 7. The third-order valence-corrected chi connectivity index (χ3v) is 6.39. The summed E-state index contributed by atoms with van der Waals surface area (Å²) in [5, 5.41) is 11.2. The van der Waals surface area contributed by atoms with Gasteiger partial charge < -0.3 is 29.1 Å². The van der Waals surface area contributed by atoms with Crippen molar-refractivity contribution in [2.24, 2.45) is 0 Å². The predicted molar refractivity (Wildman–Crippen MR) is 134 cm³/mol. The molecule has 1 N–H and O–H groups in total. The van der Waals surface area contributed by atoms with Gasteiger partial charge in [0.2, 0.25) is 0 Å². The van der Waals surface area contributed by atoms with E-state index in [1.54, 1.807) is 61.6 Å². The molecule has 1 aliphatic rings. The van der Waals surface area contributed by atoms with Crippen LogP contribution in [0.25, 0.3) is 5.76 Å². The molecule has 0 saturated carbocycles. The molecular weight excluding hydrogens is 448 g/mol. The molecule has 8 nitrogen and oxygen atoms in total. The molecule has 188 valence electrons. The van der Waals surface area contributed by atoms with Crippen LogP contribution in [0.4, 0.5) is 0 Å². The average molecular weight is 483 g/mol. The molecule has 1 saturated heterocycles. The number of likely N-dealkylation sites (tertiary alicyclic amines) is 1. The van der Waals surface area contributed by atoms with E-state index < -0.39 is 17.7 Å². The number of ether oxygens (including phenoxy) is 3. The molecule has 2 aromatic rings. The van der Waals surface area contributed by atoms with Crippen molar-refractivity contribution < 1.29 is 28.9 Å². The summed E-state index contributed by atoms with van der Waals surface area (Å²) in [7, 11) is 4.62. The number of carbonyl (C=O) groups is 2. The Labute approximate surface area is 206 Å². The van der Waals surface area contributed by atoms with Crippen LogP contribution in [0.2, 0.25) is 0 Å². The van der Waals surface area contributed by atoms with Gasteiger partial charge in [-0.3, -0.25) is 9.59 Å². The summed E-state index contributed by atoms with van der Waals surface area (Å²) < 4.78 is 16.0. The Hall–Kier alpha value is -3.52. The van der Waals surface area contributed by atoms with E-state index in [9.17, 15) is 14.7 Å². The number of nitrogens with zero attached hydrogens (tertiary/aromatic N) is 2.